The molecule has 2 aliphatic carbocycles. The van der Waals surface area contributed by atoms with Crippen LogP contribution in [0.3, 0.4) is 0 Å². The van der Waals surface area contributed by atoms with E-state index in [-0.39, 0.29) is 12.4 Å². The fraction of sp³-hybridized carbons (Fsp3) is 1.00. The molecule has 2 rings (SSSR count). The molecule has 3 unspecified atom stereocenters. The van der Waals surface area contributed by atoms with Crippen molar-refractivity contribution in [2.75, 3.05) is 0 Å². The highest BCUT2D eigenvalue weighted by Gasteiger charge is 2.39. The van der Waals surface area contributed by atoms with Crippen LogP contribution in [0.5, 0.6) is 0 Å². The summed E-state index contributed by atoms with van der Waals surface area (Å²) in [5, 5.41) is 0. The lowest BCUT2D eigenvalue weighted by atomic mass is 9.62. The number of hydrogen-bond acceptors (Lipinski definition) is 1. The van der Waals surface area contributed by atoms with E-state index in [2.05, 4.69) is 0 Å². The van der Waals surface area contributed by atoms with Gasteiger partial charge in [-0.1, -0.05) is 19.3 Å². The standard InChI is InChI=1S/C8H15N.ClH/c9-8-5-6-3-1-2-4-7(6)8;/h6-8H,1-5,9H2;1H. The maximum absolute atomic E-state index is 5.83. The molecule has 0 aromatic heterocycles. The molecule has 0 aliphatic heterocycles. The molecule has 0 aromatic carbocycles. The van der Waals surface area contributed by atoms with E-state index in [0.29, 0.717) is 6.04 Å². The van der Waals surface area contributed by atoms with Crippen LogP contribution in [0.2, 0.25) is 0 Å². The SMILES string of the molecule is Cl.NC1CC2CCCCC12. The van der Waals surface area contributed by atoms with E-state index in [1.807, 2.05) is 0 Å². The molecule has 0 radical (unpaired) electrons. The normalized spacial score (nSPS) is 44.7. The Hall–Kier alpha value is 0.250. The van der Waals surface area contributed by atoms with Crippen LogP contribution >= 0.6 is 12.4 Å². The van der Waals surface area contributed by atoms with Crippen LogP contribution < -0.4 is 5.73 Å². The first kappa shape index (κ1) is 8.35. The van der Waals surface area contributed by atoms with Gasteiger partial charge in [0.25, 0.3) is 0 Å². The Labute approximate surface area is 68.8 Å². The van der Waals surface area contributed by atoms with Gasteiger partial charge in [0.05, 0.1) is 0 Å². The van der Waals surface area contributed by atoms with E-state index in [4.69, 9.17) is 5.73 Å². The zero-order chi connectivity index (χ0) is 6.27. The molecule has 2 N–H and O–H groups in total. The molecule has 0 bridgehead atoms. The molecule has 1 nitrogen and oxygen atoms in total. The van der Waals surface area contributed by atoms with Gasteiger partial charge in [0.2, 0.25) is 0 Å². The molecule has 2 heteroatoms. The Balaban J connectivity index is 0.000000500. The van der Waals surface area contributed by atoms with E-state index in [1.165, 1.54) is 32.1 Å². The molecule has 0 amide bonds. The maximum Gasteiger partial charge on any atom is 0.00725 e. The first-order valence-corrected chi connectivity index (χ1v) is 4.13. The smallest absolute Gasteiger partial charge is 0.00725 e. The van der Waals surface area contributed by atoms with Gasteiger partial charge < -0.3 is 5.73 Å². The third-order valence-corrected chi connectivity index (χ3v) is 3.09. The summed E-state index contributed by atoms with van der Waals surface area (Å²) in [6.07, 6.45) is 7.12. The molecule has 2 fully saturated rings. The topological polar surface area (TPSA) is 26.0 Å². The second kappa shape index (κ2) is 3.10. The van der Waals surface area contributed by atoms with Gasteiger partial charge in [-0.05, 0) is 24.7 Å². The molecule has 60 valence electrons. The van der Waals surface area contributed by atoms with E-state index >= 15 is 0 Å². The van der Waals surface area contributed by atoms with Crippen LogP contribution in [-0.2, 0) is 0 Å². The molecule has 2 saturated carbocycles. The number of fused-ring (bicyclic) bond motifs is 1. The highest BCUT2D eigenvalue weighted by atomic mass is 35.5. The van der Waals surface area contributed by atoms with Gasteiger partial charge >= 0.3 is 0 Å². The second-order valence-electron chi connectivity index (χ2n) is 3.61. The molecular weight excluding hydrogens is 146 g/mol. The van der Waals surface area contributed by atoms with Crippen molar-refractivity contribution in [3.63, 3.8) is 0 Å². The summed E-state index contributed by atoms with van der Waals surface area (Å²) in [6, 6.07) is 0.579. The minimum absolute atomic E-state index is 0. The lowest BCUT2D eigenvalue weighted by Gasteiger charge is -2.46. The fourth-order valence-corrected chi connectivity index (χ4v) is 2.42. The molecular formula is C8H16ClN. The lowest BCUT2D eigenvalue weighted by Crippen LogP contribution is -2.48. The first-order chi connectivity index (χ1) is 4.38. The molecule has 10 heavy (non-hydrogen) atoms. The summed E-state index contributed by atoms with van der Waals surface area (Å²) in [5.41, 5.74) is 5.83. The average Bonchev–Trinajstić information content (AvgIpc) is 1.86. The largest absolute Gasteiger partial charge is 0.327 e. The summed E-state index contributed by atoms with van der Waals surface area (Å²) in [7, 11) is 0. The Morgan fingerprint density at radius 1 is 1.10 bits per heavy atom. The summed E-state index contributed by atoms with van der Waals surface area (Å²) < 4.78 is 0. The molecule has 0 aromatic rings. The van der Waals surface area contributed by atoms with Crippen LogP contribution in [0.1, 0.15) is 32.1 Å². The molecule has 0 heterocycles. The first-order valence-electron chi connectivity index (χ1n) is 4.13. The van der Waals surface area contributed by atoms with E-state index in [1.54, 1.807) is 0 Å². The summed E-state index contributed by atoms with van der Waals surface area (Å²) in [5.74, 6) is 1.97. The van der Waals surface area contributed by atoms with Crippen LogP contribution in [0.4, 0.5) is 0 Å². The summed E-state index contributed by atoms with van der Waals surface area (Å²) >= 11 is 0. The third kappa shape index (κ3) is 1.17. The average molecular weight is 162 g/mol. The van der Waals surface area contributed by atoms with Crippen molar-refractivity contribution in [2.45, 2.75) is 38.1 Å². The van der Waals surface area contributed by atoms with Crippen molar-refractivity contribution in [3.8, 4) is 0 Å². The van der Waals surface area contributed by atoms with Gasteiger partial charge in [0, 0.05) is 6.04 Å². The maximum atomic E-state index is 5.83. The summed E-state index contributed by atoms with van der Waals surface area (Å²) in [4.78, 5) is 0. The van der Waals surface area contributed by atoms with Gasteiger partial charge in [-0.3, -0.25) is 0 Å². The van der Waals surface area contributed by atoms with E-state index in [0.717, 1.165) is 11.8 Å². The second-order valence-corrected chi connectivity index (χ2v) is 3.61. The predicted octanol–water partition coefficient (Wildman–Crippen LogP) is 1.95. The molecule has 0 saturated heterocycles. The van der Waals surface area contributed by atoms with Crippen molar-refractivity contribution >= 4 is 12.4 Å². The lowest BCUT2D eigenvalue weighted by molar-refractivity contribution is 0.0835. The Kier molecular flexibility index (Phi) is 2.59. The number of rotatable bonds is 0. The molecule has 3 atom stereocenters. The van der Waals surface area contributed by atoms with Crippen LogP contribution in [-0.4, -0.2) is 6.04 Å². The highest BCUT2D eigenvalue weighted by molar-refractivity contribution is 5.85. The van der Waals surface area contributed by atoms with Crippen LogP contribution in [0, 0.1) is 11.8 Å². The highest BCUT2D eigenvalue weighted by Crippen LogP contribution is 2.43. The van der Waals surface area contributed by atoms with Gasteiger partial charge in [-0.15, -0.1) is 12.4 Å². The monoisotopic (exact) mass is 161 g/mol. The van der Waals surface area contributed by atoms with Crippen LogP contribution in [0.25, 0.3) is 0 Å². The minimum atomic E-state index is 0. The zero-order valence-corrected chi connectivity index (χ0v) is 7.07. The fourth-order valence-electron chi connectivity index (χ4n) is 2.42. The van der Waals surface area contributed by atoms with Crippen molar-refractivity contribution < 1.29 is 0 Å². The predicted molar refractivity (Wildman–Crippen MR) is 45.3 cm³/mol. The van der Waals surface area contributed by atoms with Crippen LogP contribution in [0.15, 0.2) is 0 Å². The van der Waals surface area contributed by atoms with Gasteiger partial charge in [-0.2, -0.15) is 0 Å². The molecule has 2 aliphatic rings. The van der Waals surface area contributed by atoms with Crippen molar-refractivity contribution in [1.29, 1.82) is 0 Å². The molecule has 0 spiro atoms. The van der Waals surface area contributed by atoms with Crippen molar-refractivity contribution in [3.05, 3.63) is 0 Å². The zero-order valence-electron chi connectivity index (χ0n) is 6.25. The number of nitrogens with two attached hydrogens (primary N) is 1. The van der Waals surface area contributed by atoms with Gasteiger partial charge in [-0.25, -0.2) is 0 Å². The number of halogens is 1. The quantitative estimate of drug-likeness (QED) is 0.578. The Morgan fingerprint density at radius 2 is 1.80 bits per heavy atom. The Morgan fingerprint density at radius 3 is 2.30 bits per heavy atom. The third-order valence-electron chi connectivity index (χ3n) is 3.09. The van der Waals surface area contributed by atoms with Crippen molar-refractivity contribution in [2.24, 2.45) is 17.6 Å². The minimum Gasteiger partial charge on any atom is -0.327 e. The Bertz CT molecular complexity index is 114. The van der Waals surface area contributed by atoms with E-state index in [9.17, 15) is 0 Å². The van der Waals surface area contributed by atoms with Gasteiger partial charge in [0.15, 0.2) is 0 Å². The summed E-state index contributed by atoms with van der Waals surface area (Å²) in [6.45, 7) is 0. The van der Waals surface area contributed by atoms with Gasteiger partial charge in [0.1, 0.15) is 0 Å². The van der Waals surface area contributed by atoms with E-state index < -0.39 is 0 Å². The van der Waals surface area contributed by atoms with Crippen molar-refractivity contribution in [1.82, 2.24) is 0 Å². The number of hydrogen-bond donors (Lipinski definition) is 1.